The molecule has 9 heavy (non-hydrogen) atoms. The van der Waals surface area contributed by atoms with Gasteiger partial charge in [-0.2, -0.15) is 0 Å². The smallest absolute Gasteiger partial charge is 0.0853 e. The van der Waals surface area contributed by atoms with Crippen LogP contribution in [0.1, 0.15) is 12.8 Å². The third kappa shape index (κ3) is 0.970. The summed E-state index contributed by atoms with van der Waals surface area (Å²) in [6.07, 6.45) is 2.52. The molecule has 51 valence electrons. The second-order valence-electron chi connectivity index (χ2n) is 2.78. The summed E-state index contributed by atoms with van der Waals surface area (Å²) in [5.74, 6) is 0. The van der Waals surface area contributed by atoms with Crippen molar-refractivity contribution in [3.8, 4) is 0 Å². The SMILES string of the molecule is [CH]1CC(N2CCC2)CO1. The third-order valence-electron chi connectivity index (χ3n) is 2.18. The molecule has 1 atom stereocenters. The molecule has 0 amide bonds. The first kappa shape index (κ1) is 5.69. The van der Waals surface area contributed by atoms with E-state index in [-0.39, 0.29) is 0 Å². The van der Waals surface area contributed by atoms with Crippen molar-refractivity contribution in [2.24, 2.45) is 0 Å². The minimum atomic E-state index is 0.721. The summed E-state index contributed by atoms with van der Waals surface area (Å²) in [5, 5.41) is 0. The molecule has 2 heteroatoms. The maximum atomic E-state index is 5.15. The molecular weight excluding hydrogens is 114 g/mol. The van der Waals surface area contributed by atoms with Crippen LogP contribution in [-0.2, 0) is 4.74 Å². The molecular formula is C7H12NO. The molecule has 2 saturated heterocycles. The van der Waals surface area contributed by atoms with Gasteiger partial charge in [-0.05, 0) is 25.9 Å². The van der Waals surface area contributed by atoms with Gasteiger partial charge in [0, 0.05) is 6.04 Å². The normalized spacial score (nSPS) is 36.7. The van der Waals surface area contributed by atoms with Crippen molar-refractivity contribution in [1.82, 2.24) is 4.90 Å². The Labute approximate surface area is 55.8 Å². The van der Waals surface area contributed by atoms with Crippen LogP contribution in [0.25, 0.3) is 0 Å². The number of hydrogen-bond donors (Lipinski definition) is 0. The van der Waals surface area contributed by atoms with Crippen LogP contribution in [0.5, 0.6) is 0 Å². The van der Waals surface area contributed by atoms with E-state index in [1.165, 1.54) is 19.5 Å². The Hall–Kier alpha value is -0.0800. The van der Waals surface area contributed by atoms with Crippen LogP contribution in [0.4, 0.5) is 0 Å². The molecule has 0 saturated carbocycles. The fourth-order valence-electron chi connectivity index (χ4n) is 1.39. The molecule has 0 aromatic heterocycles. The lowest BCUT2D eigenvalue weighted by Crippen LogP contribution is -2.45. The van der Waals surface area contributed by atoms with E-state index in [9.17, 15) is 0 Å². The van der Waals surface area contributed by atoms with Crippen LogP contribution < -0.4 is 0 Å². The Kier molecular flexibility index (Phi) is 1.44. The molecule has 1 unspecified atom stereocenters. The zero-order chi connectivity index (χ0) is 6.10. The van der Waals surface area contributed by atoms with Gasteiger partial charge in [-0.15, -0.1) is 0 Å². The van der Waals surface area contributed by atoms with E-state index >= 15 is 0 Å². The molecule has 0 aliphatic carbocycles. The fraction of sp³-hybridized carbons (Fsp3) is 0.857. The molecule has 0 bridgehead atoms. The lowest BCUT2D eigenvalue weighted by atomic mass is 10.1. The second-order valence-corrected chi connectivity index (χ2v) is 2.78. The maximum Gasteiger partial charge on any atom is 0.0853 e. The standard InChI is InChI=1S/C7H12NO/c1-3-8(4-1)7-2-5-9-6-7/h5,7H,1-4,6H2. The predicted molar refractivity (Wildman–Crippen MR) is 34.8 cm³/mol. The van der Waals surface area contributed by atoms with E-state index in [1.807, 2.05) is 6.61 Å². The highest BCUT2D eigenvalue weighted by Gasteiger charge is 2.26. The van der Waals surface area contributed by atoms with Crippen LogP contribution in [0, 0.1) is 6.61 Å². The number of nitrogens with zero attached hydrogens (tertiary/aromatic N) is 1. The molecule has 0 N–H and O–H groups in total. The summed E-state index contributed by atoms with van der Waals surface area (Å²) >= 11 is 0. The fourth-order valence-corrected chi connectivity index (χ4v) is 1.39. The molecule has 0 spiro atoms. The lowest BCUT2D eigenvalue weighted by Gasteiger charge is -2.35. The van der Waals surface area contributed by atoms with Gasteiger partial charge in [-0.3, -0.25) is 4.90 Å². The Bertz CT molecular complexity index is 95.1. The predicted octanol–water partition coefficient (Wildman–Crippen LogP) is 0.643. The summed E-state index contributed by atoms with van der Waals surface area (Å²) in [6.45, 7) is 5.45. The van der Waals surface area contributed by atoms with Gasteiger partial charge in [0.2, 0.25) is 0 Å². The van der Waals surface area contributed by atoms with Crippen molar-refractivity contribution in [1.29, 1.82) is 0 Å². The molecule has 2 aliphatic rings. The summed E-state index contributed by atoms with van der Waals surface area (Å²) in [4.78, 5) is 2.49. The third-order valence-corrected chi connectivity index (χ3v) is 2.18. The van der Waals surface area contributed by atoms with Crippen molar-refractivity contribution in [2.75, 3.05) is 19.7 Å². The quantitative estimate of drug-likeness (QED) is 0.511. The number of rotatable bonds is 1. The van der Waals surface area contributed by atoms with E-state index in [2.05, 4.69) is 4.90 Å². The zero-order valence-electron chi connectivity index (χ0n) is 5.55. The van der Waals surface area contributed by atoms with Crippen molar-refractivity contribution in [3.63, 3.8) is 0 Å². The molecule has 1 radical (unpaired) electrons. The average Bonchev–Trinajstić information content (AvgIpc) is 2.11. The first-order valence-electron chi connectivity index (χ1n) is 3.64. The van der Waals surface area contributed by atoms with Crippen LogP contribution in [0.15, 0.2) is 0 Å². The van der Waals surface area contributed by atoms with Gasteiger partial charge in [0.05, 0.1) is 13.2 Å². The molecule has 2 heterocycles. The number of likely N-dealkylation sites (tertiary alicyclic amines) is 1. The Morgan fingerprint density at radius 3 is 2.78 bits per heavy atom. The van der Waals surface area contributed by atoms with Crippen molar-refractivity contribution >= 4 is 0 Å². The van der Waals surface area contributed by atoms with Gasteiger partial charge in [0.15, 0.2) is 0 Å². The summed E-state index contributed by atoms with van der Waals surface area (Å²) in [7, 11) is 0. The summed E-state index contributed by atoms with van der Waals surface area (Å²) < 4.78 is 5.15. The van der Waals surface area contributed by atoms with Crippen LogP contribution >= 0.6 is 0 Å². The summed E-state index contributed by atoms with van der Waals surface area (Å²) in [6, 6.07) is 0.721. The maximum absolute atomic E-state index is 5.15. The molecule has 2 fully saturated rings. The van der Waals surface area contributed by atoms with Crippen molar-refractivity contribution < 1.29 is 4.74 Å². The van der Waals surface area contributed by atoms with Gasteiger partial charge in [-0.25, -0.2) is 0 Å². The van der Waals surface area contributed by atoms with E-state index < -0.39 is 0 Å². The van der Waals surface area contributed by atoms with E-state index in [4.69, 9.17) is 4.74 Å². The Morgan fingerprint density at radius 1 is 1.44 bits per heavy atom. The van der Waals surface area contributed by atoms with Crippen molar-refractivity contribution in [2.45, 2.75) is 18.9 Å². The highest BCUT2D eigenvalue weighted by molar-refractivity contribution is 4.84. The Balaban J connectivity index is 1.82. The van der Waals surface area contributed by atoms with Gasteiger partial charge in [0.25, 0.3) is 0 Å². The van der Waals surface area contributed by atoms with E-state index in [1.54, 1.807) is 0 Å². The lowest BCUT2D eigenvalue weighted by molar-refractivity contribution is 0.102. The molecule has 2 rings (SSSR count). The average molecular weight is 126 g/mol. The highest BCUT2D eigenvalue weighted by Crippen LogP contribution is 2.19. The largest absolute Gasteiger partial charge is 0.374 e. The summed E-state index contributed by atoms with van der Waals surface area (Å²) in [5.41, 5.74) is 0. The molecule has 0 aromatic rings. The van der Waals surface area contributed by atoms with Gasteiger partial charge >= 0.3 is 0 Å². The van der Waals surface area contributed by atoms with E-state index in [0.717, 1.165) is 19.1 Å². The van der Waals surface area contributed by atoms with E-state index in [0.29, 0.717) is 0 Å². The number of hydrogen-bond acceptors (Lipinski definition) is 2. The highest BCUT2D eigenvalue weighted by atomic mass is 16.5. The second kappa shape index (κ2) is 2.27. The van der Waals surface area contributed by atoms with Crippen LogP contribution in [0.2, 0.25) is 0 Å². The molecule has 2 nitrogen and oxygen atoms in total. The Morgan fingerprint density at radius 2 is 2.33 bits per heavy atom. The van der Waals surface area contributed by atoms with Crippen molar-refractivity contribution in [3.05, 3.63) is 6.61 Å². The van der Waals surface area contributed by atoms with Gasteiger partial charge in [-0.1, -0.05) is 0 Å². The molecule has 0 aromatic carbocycles. The van der Waals surface area contributed by atoms with Crippen LogP contribution in [0.3, 0.4) is 0 Å². The first-order chi connectivity index (χ1) is 4.47. The minimum absolute atomic E-state index is 0.721. The van der Waals surface area contributed by atoms with Crippen LogP contribution in [-0.4, -0.2) is 30.6 Å². The minimum Gasteiger partial charge on any atom is -0.374 e. The first-order valence-corrected chi connectivity index (χ1v) is 3.64. The van der Waals surface area contributed by atoms with Gasteiger partial charge < -0.3 is 4.74 Å². The van der Waals surface area contributed by atoms with Gasteiger partial charge in [0.1, 0.15) is 0 Å². The number of ether oxygens (including phenoxy) is 1. The zero-order valence-corrected chi connectivity index (χ0v) is 5.55. The molecule has 2 aliphatic heterocycles. The monoisotopic (exact) mass is 126 g/mol. The topological polar surface area (TPSA) is 12.5 Å².